The minimum atomic E-state index is 0.203. The van der Waals surface area contributed by atoms with Gasteiger partial charge < -0.3 is 0 Å². The van der Waals surface area contributed by atoms with Crippen molar-refractivity contribution in [2.45, 2.75) is 27.7 Å². The molecule has 0 heteroatoms. The summed E-state index contributed by atoms with van der Waals surface area (Å²) in [6, 6.07) is 18.0. The van der Waals surface area contributed by atoms with Crippen molar-refractivity contribution in [3.05, 3.63) is 70.8 Å². The molecule has 0 amide bonds. The van der Waals surface area contributed by atoms with Gasteiger partial charge in [-0.05, 0) is 44.5 Å². The summed E-state index contributed by atoms with van der Waals surface area (Å²) in [5.41, 5.74) is 12.4. The first kappa shape index (κ1) is 12.5. The van der Waals surface area contributed by atoms with Gasteiger partial charge in [0.15, 0.2) is 0 Å². The fraction of sp³-hybridized carbons (Fsp3) is 0.273. The van der Waals surface area contributed by atoms with Gasteiger partial charge in [-0.2, -0.15) is 0 Å². The molecule has 0 atom stereocenters. The van der Waals surface area contributed by atoms with Gasteiger partial charge in [0.1, 0.15) is 0 Å². The van der Waals surface area contributed by atoms with E-state index >= 15 is 0 Å². The van der Waals surface area contributed by atoms with Crippen LogP contribution in [0, 0.1) is 10.8 Å². The summed E-state index contributed by atoms with van der Waals surface area (Å²) >= 11 is 0. The highest BCUT2D eigenvalue weighted by atomic mass is 14.6. The normalized spacial score (nSPS) is 22.0. The molecule has 108 valence electrons. The van der Waals surface area contributed by atoms with Gasteiger partial charge in [0.25, 0.3) is 0 Å². The summed E-state index contributed by atoms with van der Waals surface area (Å²) in [6.07, 6.45) is 0. The molecule has 0 saturated heterocycles. The van der Waals surface area contributed by atoms with Crippen LogP contribution in [0.2, 0.25) is 0 Å². The van der Waals surface area contributed by atoms with E-state index in [1.807, 2.05) is 0 Å². The predicted octanol–water partition coefficient (Wildman–Crippen LogP) is 5.90. The minimum Gasteiger partial charge on any atom is -0.0616 e. The third kappa shape index (κ3) is 1.26. The Morgan fingerprint density at radius 2 is 0.682 bits per heavy atom. The Labute approximate surface area is 132 Å². The van der Waals surface area contributed by atoms with E-state index in [1.165, 1.54) is 22.3 Å². The van der Waals surface area contributed by atoms with Crippen LogP contribution in [0.3, 0.4) is 0 Å². The predicted molar refractivity (Wildman–Crippen MR) is 94.1 cm³/mol. The van der Waals surface area contributed by atoms with Crippen molar-refractivity contribution in [1.29, 1.82) is 0 Å². The van der Waals surface area contributed by atoms with E-state index in [9.17, 15) is 0 Å². The van der Waals surface area contributed by atoms with Gasteiger partial charge in [0.2, 0.25) is 0 Å². The Balaban J connectivity index is 1.90. The molecule has 0 bridgehead atoms. The largest absolute Gasteiger partial charge is 0.0616 e. The van der Waals surface area contributed by atoms with E-state index in [1.54, 1.807) is 22.3 Å². The van der Waals surface area contributed by atoms with Crippen molar-refractivity contribution < 1.29 is 0 Å². The van der Waals surface area contributed by atoms with Gasteiger partial charge in [-0.15, -0.1) is 0 Å². The second-order valence-electron chi connectivity index (χ2n) is 7.84. The smallest absolute Gasteiger partial charge is 0.0165 e. The zero-order valence-corrected chi connectivity index (χ0v) is 13.6. The van der Waals surface area contributed by atoms with Crippen LogP contribution in [0.5, 0.6) is 0 Å². The molecule has 2 aromatic rings. The number of hydrogen-bond acceptors (Lipinski definition) is 0. The Kier molecular flexibility index (Phi) is 1.96. The first-order valence-corrected chi connectivity index (χ1v) is 8.15. The molecule has 0 nitrogen and oxygen atoms in total. The summed E-state index contributed by atoms with van der Waals surface area (Å²) in [7, 11) is 0. The number of rotatable bonds is 0. The minimum absolute atomic E-state index is 0.203. The highest BCUT2D eigenvalue weighted by Gasteiger charge is 2.54. The molecule has 0 saturated carbocycles. The number of benzene rings is 2. The fourth-order valence-corrected chi connectivity index (χ4v) is 4.66. The van der Waals surface area contributed by atoms with Crippen LogP contribution >= 0.6 is 0 Å². The van der Waals surface area contributed by atoms with Crippen LogP contribution < -0.4 is 0 Å². The molecule has 2 aromatic carbocycles. The molecule has 22 heavy (non-hydrogen) atoms. The zero-order valence-electron chi connectivity index (χ0n) is 13.6. The molecule has 0 N–H and O–H groups in total. The average Bonchev–Trinajstić information content (AvgIpc) is 3.25. The van der Waals surface area contributed by atoms with Gasteiger partial charge in [-0.1, -0.05) is 76.2 Å². The quantitative estimate of drug-likeness (QED) is 0.565. The topological polar surface area (TPSA) is 0 Å². The maximum Gasteiger partial charge on any atom is 0.0165 e. The van der Waals surface area contributed by atoms with Crippen LogP contribution in [0.25, 0.3) is 22.3 Å². The van der Waals surface area contributed by atoms with E-state index in [0.717, 1.165) is 0 Å². The average molecular weight is 284 g/mol. The second-order valence-corrected chi connectivity index (χ2v) is 7.84. The molecular formula is C22H20. The van der Waals surface area contributed by atoms with Crippen molar-refractivity contribution in [2.24, 2.45) is 10.8 Å². The summed E-state index contributed by atoms with van der Waals surface area (Å²) in [6.45, 7) is 9.45. The van der Waals surface area contributed by atoms with Gasteiger partial charge in [-0.3, -0.25) is 0 Å². The molecule has 0 unspecified atom stereocenters. The number of allylic oxidation sites excluding steroid dienone is 4. The Morgan fingerprint density at radius 1 is 0.455 bits per heavy atom. The van der Waals surface area contributed by atoms with Gasteiger partial charge in [0, 0.05) is 10.8 Å². The number of hydrogen-bond donors (Lipinski definition) is 0. The molecule has 0 aliphatic heterocycles. The summed E-state index contributed by atoms with van der Waals surface area (Å²) in [4.78, 5) is 0. The van der Waals surface area contributed by atoms with Crippen LogP contribution in [0.15, 0.2) is 48.5 Å². The lowest BCUT2D eigenvalue weighted by molar-refractivity contribution is 0.748. The molecule has 0 spiro atoms. The van der Waals surface area contributed by atoms with Crippen LogP contribution in [-0.2, 0) is 0 Å². The lowest BCUT2D eigenvalue weighted by atomic mass is 9.89. The maximum absolute atomic E-state index is 2.36. The molecular weight excluding hydrogens is 264 g/mol. The van der Waals surface area contributed by atoms with E-state index in [2.05, 4.69) is 76.2 Å². The molecule has 3 aliphatic rings. The van der Waals surface area contributed by atoms with Crippen LogP contribution in [-0.4, -0.2) is 0 Å². The van der Waals surface area contributed by atoms with Gasteiger partial charge in [0.05, 0.1) is 0 Å². The Morgan fingerprint density at radius 3 is 0.909 bits per heavy atom. The lowest BCUT2D eigenvalue weighted by Crippen LogP contribution is -2.00. The lowest BCUT2D eigenvalue weighted by Gasteiger charge is -2.13. The number of fused-ring (bicyclic) bond motifs is 6. The van der Waals surface area contributed by atoms with Crippen molar-refractivity contribution in [3.8, 4) is 0 Å². The Bertz CT molecular complexity index is 769. The van der Waals surface area contributed by atoms with E-state index < -0.39 is 0 Å². The van der Waals surface area contributed by atoms with Crippen molar-refractivity contribution >= 4 is 22.3 Å². The summed E-state index contributed by atoms with van der Waals surface area (Å²) in [5, 5.41) is 0. The van der Waals surface area contributed by atoms with Crippen LogP contribution in [0.4, 0.5) is 0 Å². The molecule has 0 heterocycles. The first-order valence-electron chi connectivity index (χ1n) is 8.15. The van der Waals surface area contributed by atoms with E-state index in [-0.39, 0.29) is 10.8 Å². The van der Waals surface area contributed by atoms with E-state index in [4.69, 9.17) is 0 Å². The van der Waals surface area contributed by atoms with Gasteiger partial charge in [-0.25, -0.2) is 0 Å². The van der Waals surface area contributed by atoms with E-state index in [0.29, 0.717) is 0 Å². The zero-order chi connectivity index (χ0) is 15.3. The van der Waals surface area contributed by atoms with Crippen molar-refractivity contribution in [3.63, 3.8) is 0 Å². The monoisotopic (exact) mass is 284 g/mol. The fourth-order valence-electron chi connectivity index (χ4n) is 4.66. The van der Waals surface area contributed by atoms with Crippen LogP contribution in [0.1, 0.15) is 49.9 Å². The molecule has 3 aliphatic carbocycles. The third-order valence-corrected chi connectivity index (χ3v) is 5.81. The highest BCUT2D eigenvalue weighted by Crippen LogP contribution is 2.72. The molecule has 0 aromatic heterocycles. The second kappa shape index (κ2) is 3.46. The summed E-state index contributed by atoms with van der Waals surface area (Å²) in [5.74, 6) is 0. The third-order valence-electron chi connectivity index (χ3n) is 5.81. The maximum atomic E-state index is 2.36. The molecule has 0 fully saturated rings. The molecule has 0 radical (unpaired) electrons. The summed E-state index contributed by atoms with van der Waals surface area (Å²) < 4.78 is 0. The van der Waals surface area contributed by atoms with Gasteiger partial charge >= 0.3 is 0 Å². The molecule has 5 rings (SSSR count). The van der Waals surface area contributed by atoms with Crippen molar-refractivity contribution in [2.75, 3.05) is 0 Å². The standard InChI is InChI=1S/C22H20/c1-21(2)17-13-9-5-7-11-15(13)19-20(22(19,3)4)16-12-8-6-10-14(16)18(17)21/h5-12H,1-4H3. The SMILES string of the molecule is CC1(C)C2=C1c1ccccc1C1=C(c3ccccc32)C1(C)C. The first-order chi connectivity index (χ1) is 10.5. The highest BCUT2D eigenvalue weighted by molar-refractivity contribution is 6.24. The van der Waals surface area contributed by atoms with Crippen molar-refractivity contribution in [1.82, 2.24) is 0 Å². The Hall–Kier alpha value is -2.08.